The van der Waals surface area contributed by atoms with Crippen LogP contribution in [0.25, 0.3) is 0 Å². The number of aliphatic hydroxyl groups excluding tert-OH is 1. The number of benzene rings is 2. The highest BCUT2D eigenvalue weighted by Gasteiger charge is 2.07. The fourth-order valence-electron chi connectivity index (χ4n) is 1.87. The van der Waals surface area contributed by atoms with Gasteiger partial charge in [-0.1, -0.05) is 23.7 Å². The van der Waals surface area contributed by atoms with Gasteiger partial charge >= 0.3 is 0 Å². The van der Waals surface area contributed by atoms with Crippen molar-refractivity contribution in [3.63, 3.8) is 0 Å². The van der Waals surface area contributed by atoms with Gasteiger partial charge in [-0.25, -0.2) is 0 Å². The minimum atomic E-state index is -0.103. The summed E-state index contributed by atoms with van der Waals surface area (Å²) in [5.74, 6) is 1.32. The van der Waals surface area contributed by atoms with Crippen LogP contribution in [0.4, 0.5) is 0 Å². The Labute approximate surface area is 123 Å². The van der Waals surface area contributed by atoms with Crippen LogP contribution >= 0.6 is 11.6 Å². The van der Waals surface area contributed by atoms with Gasteiger partial charge in [-0.2, -0.15) is 0 Å². The van der Waals surface area contributed by atoms with E-state index in [9.17, 15) is 5.11 Å². The van der Waals surface area contributed by atoms with Gasteiger partial charge in [0.1, 0.15) is 18.1 Å². The first-order chi connectivity index (χ1) is 9.63. The Bertz CT molecular complexity index is 596. The minimum Gasteiger partial charge on any atom is -0.497 e. The molecule has 0 aliphatic rings. The van der Waals surface area contributed by atoms with Crippen LogP contribution in [-0.4, -0.2) is 12.2 Å². The molecule has 0 bridgehead atoms. The van der Waals surface area contributed by atoms with Crippen LogP contribution in [0.3, 0.4) is 0 Å². The fraction of sp³-hybridized carbons (Fsp3) is 0.250. The molecule has 2 rings (SSSR count). The summed E-state index contributed by atoms with van der Waals surface area (Å²) in [6.07, 6.45) is 0. The van der Waals surface area contributed by atoms with Crippen molar-refractivity contribution in [3.8, 4) is 11.5 Å². The monoisotopic (exact) mass is 292 g/mol. The molecule has 0 heterocycles. The zero-order valence-electron chi connectivity index (χ0n) is 11.5. The lowest BCUT2D eigenvalue weighted by Gasteiger charge is -2.12. The first kappa shape index (κ1) is 14.7. The summed E-state index contributed by atoms with van der Waals surface area (Å²) in [5, 5.41) is 10.0. The van der Waals surface area contributed by atoms with E-state index in [2.05, 4.69) is 0 Å². The van der Waals surface area contributed by atoms with E-state index >= 15 is 0 Å². The summed E-state index contributed by atoms with van der Waals surface area (Å²) >= 11 is 6.17. The zero-order chi connectivity index (χ0) is 14.5. The van der Waals surface area contributed by atoms with Crippen molar-refractivity contribution in [2.75, 3.05) is 7.11 Å². The van der Waals surface area contributed by atoms with Gasteiger partial charge in [-0.05, 0) is 36.8 Å². The van der Waals surface area contributed by atoms with Crippen LogP contribution in [0, 0.1) is 6.92 Å². The number of ether oxygens (including phenoxy) is 2. The van der Waals surface area contributed by atoms with Crippen molar-refractivity contribution in [1.29, 1.82) is 0 Å². The third-order valence-corrected chi connectivity index (χ3v) is 3.38. The van der Waals surface area contributed by atoms with E-state index in [1.807, 2.05) is 25.1 Å². The Kier molecular flexibility index (Phi) is 4.88. The minimum absolute atomic E-state index is 0.103. The summed E-state index contributed by atoms with van der Waals surface area (Å²) in [6, 6.07) is 11.2. The highest BCUT2D eigenvalue weighted by Crippen LogP contribution is 2.26. The van der Waals surface area contributed by atoms with Crippen LogP contribution in [0.5, 0.6) is 11.5 Å². The van der Waals surface area contributed by atoms with Gasteiger partial charge in [0.05, 0.1) is 13.7 Å². The maximum absolute atomic E-state index is 9.36. The first-order valence-electron chi connectivity index (χ1n) is 6.29. The summed E-state index contributed by atoms with van der Waals surface area (Å²) in [5.41, 5.74) is 2.71. The smallest absolute Gasteiger partial charge is 0.125 e. The largest absolute Gasteiger partial charge is 0.497 e. The Morgan fingerprint density at radius 3 is 2.55 bits per heavy atom. The van der Waals surface area contributed by atoms with E-state index in [1.54, 1.807) is 25.3 Å². The third-order valence-electron chi connectivity index (χ3n) is 3.03. The van der Waals surface area contributed by atoms with E-state index in [0.717, 1.165) is 11.1 Å². The Balaban J connectivity index is 2.14. The standard InChI is InChI=1S/C16H17ClO3/c1-11-3-4-12(15(17)7-11)10-20-16-6-5-14(19-2)8-13(16)9-18/h3-8,18H,9-10H2,1-2H3. The second-order valence-electron chi connectivity index (χ2n) is 4.52. The third kappa shape index (κ3) is 3.44. The number of aryl methyl sites for hydroxylation is 1. The van der Waals surface area contributed by atoms with Gasteiger partial charge in [0.2, 0.25) is 0 Å². The number of halogens is 1. The van der Waals surface area contributed by atoms with E-state index in [0.29, 0.717) is 28.7 Å². The van der Waals surface area contributed by atoms with Gasteiger partial charge in [0.15, 0.2) is 0 Å². The molecule has 0 amide bonds. The van der Waals surface area contributed by atoms with Gasteiger partial charge in [0.25, 0.3) is 0 Å². The van der Waals surface area contributed by atoms with Gasteiger partial charge in [-0.15, -0.1) is 0 Å². The second kappa shape index (κ2) is 6.64. The number of hydrogen-bond donors (Lipinski definition) is 1. The number of methoxy groups -OCH3 is 1. The molecule has 0 aliphatic heterocycles. The van der Waals surface area contributed by atoms with Crippen LogP contribution in [0.15, 0.2) is 36.4 Å². The molecule has 0 spiro atoms. The lowest BCUT2D eigenvalue weighted by molar-refractivity contribution is 0.258. The van der Waals surface area contributed by atoms with Crippen molar-refractivity contribution in [2.24, 2.45) is 0 Å². The fourth-order valence-corrected chi connectivity index (χ4v) is 2.16. The number of aliphatic hydroxyl groups is 1. The number of rotatable bonds is 5. The maximum atomic E-state index is 9.36. The quantitative estimate of drug-likeness (QED) is 0.912. The Morgan fingerprint density at radius 2 is 1.90 bits per heavy atom. The van der Waals surface area contributed by atoms with Gasteiger partial charge < -0.3 is 14.6 Å². The summed E-state index contributed by atoms with van der Waals surface area (Å²) in [7, 11) is 1.59. The van der Waals surface area contributed by atoms with Crippen LogP contribution < -0.4 is 9.47 Å². The zero-order valence-corrected chi connectivity index (χ0v) is 12.3. The molecule has 0 aromatic heterocycles. The van der Waals surface area contributed by atoms with Crippen molar-refractivity contribution < 1.29 is 14.6 Å². The second-order valence-corrected chi connectivity index (χ2v) is 4.92. The number of hydrogen-bond acceptors (Lipinski definition) is 3. The highest BCUT2D eigenvalue weighted by atomic mass is 35.5. The van der Waals surface area contributed by atoms with E-state index in [-0.39, 0.29) is 6.61 Å². The van der Waals surface area contributed by atoms with Gasteiger partial charge in [0, 0.05) is 16.1 Å². The SMILES string of the molecule is COc1ccc(OCc2ccc(C)cc2Cl)c(CO)c1. The van der Waals surface area contributed by atoms with Gasteiger partial charge in [-0.3, -0.25) is 0 Å². The summed E-state index contributed by atoms with van der Waals surface area (Å²) in [6.45, 7) is 2.25. The van der Waals surface area contributed by atoms with Crippen LogP contribution in [-0.2, 0) is 13.2 Å². The molecule has 106 valence electrons. The molecule has 2 aromatic carbocycles. The first-order valence-corrected chi connectivity index (χ1v) is 6.67. The molecular formula is C16H17ClO3. The van der Waals surface area contributed by atoms with Crippen molar-refractivity contribution in [1.82, 2.24) is 0 Å². The topological polar surface area (TPSA) is 38.7 Å². The molecule has 0 aliphatic carbocycles. The van der Waals surface area contributed by atoms with E-state index in [4.69, 9.17) is 21.1 Å². The summed E-state index contributed by atoms with van der Waals surface area (Å²) in [4.78, 5) is 0. The predicted octanol–water partition coefficient (Wildman–Crippen LogP) is 3.73. The molecule has 20 heavy (non-hydrogen) atoms. The van der Waals surface area contributed by atoms with Crippen molar-refractivity contribution >= 4 is 11.6 Å². The molecule has 2 aromatic rings. The maximum Gasteiger partial charge on any atom is 0.125 e. The lowest BCUT2D eigenvalue weighted by Crippen LogP contribution is -2.00. The van der Waals surface area contributed by atoms with Crippen molar-refractivity contribution in [2.45, 2.75) is 20.1 Å². The molecule has 0 unspecified atom stereocenters. The Hall–Kier alpha value is -1.71. The molecule has 0 saturated heterocycles. The Morgan fingerprint density at radius 1 is 1.10 bits per heavy atom. The summed E-state index contributed by atoms with van der Waals surface area (Å²) < 4.78 is 10.9. The van der Waals surface area contributed by atoms with Crippen LogP contribution in [0.2, 0.25) is 5.02 Å². The molecule has 0 fully saturated rings. The molecule has 3 nitrogen and oxygen atoms in total. The lowest BCUT2D eigenvalue weighted by atomic mass is 10.1. The molecule has 0 radical (unpaired) electrons. The molecular weight excluding hydrogens is 276 g/mol. The molecule has 0 atom stereocenters. The molecule has 4 heteroatoms. The predicted molar refractivity (Wildman–Crippen MR) is 79.4 cm³/mol. The molecule has 0 saturated carbocycles. The highest BCUT2D eigenvalue weighted by molar-refractivity contribution is 6.31. The van der Waals surface area contributed by atoms with Crippen molar-refractivity contribution in [3.05, 3.63) is 58.1 Å². The van der Waals surface area contributed by atoms with Crippen LogP contribution in [0.1, 0.15) is 16.7 Å². The average molecular weight is 293 g/mol. The normalized spacial score (nSPS) is 10.4. The molecule has 1 N–H and O–H groups in total. The average Bonchev–Trinajstić information content (AvgIpc) is 2.46. The van der Waals surface area contributed by atoms with E-state index in [1.165, 1.54) is 0 Å². The van der Waals surface area contributed by atoms with E-state index < -0.39 is 0 Å².